The molecule has 10 aromatic carbocycles. The van der Waals surface area contributed by atoms with E-state index in [1.165, 1.54) is 71.4 Å². The Labute approximate surface area is 355 Å². The summed E-state index contributed by atoms with van der Waals surface area (Å²) in [6, 6.07) is 81.5. The van der Waals surface area contributed by atoms with E-state index in [9.17, 15) is 0 Å². The monoisotopic (exact) mass is 777 g/mol. The number of amidine groups is 2. The standard InChI is InChI=1S/C58H39N3/c1-4-18-40(19-5-1)51-36-43-22-14-15-27-49(43)54-53(51)50-33-32-46(37-52(50)58(54,47-23-6-2-7-24-47)48-25-8-3-9-26-48)57-60-55(44-30-28-38-16-10-12-20-41(38)34-44)59-56(61-57)45-31-29-39-17-11-13-21-42(39)35-45/h1-37,57H,(H,59,60,61). The molecule has 12 rings (SSSR count). The Balaban J connectivity index is 1.12. The fraction of sp³-hybridized carbons (Fsp3) is 0.0345. The first kappa shape index (κ1) is 35.1. The SMILES string of the molecule is c1ccc(-c2cc3ccccc3c3c2-c2ccc(C4N=C(c5ccc6ccccc6c5)N=C(c5ccc6ccccc6c5)N4)cc2C3(c2ccccc2)c2ccccc2)cc1. The maximum Gasteiger partial charge on any atom is 0.159 e. The number of rotatable bonds is 6. The van der Waals surface area contributed by atoms with E-state index in [0.717, 1.165) is 27.9 Å². The highest BCUT2D eigenvalue weighted by Crippen LogP contribution is 2.60. The van der Waals surface area contributed by atoms with Crippen molar-refractivity contribution >= 4 is 44.0 Å². The smallest absolute Gasteiger partial charge is 0.159 e. The third-order valence-corrected chi connectivity index (χ3v) is 12.7. The first-order chi connectivity index (χ1) is 30.2. The fourth-order valence-electron chi connectivity index (χ4n) is 9.96. The van der Waals surface area contributed by atoms with Gasteiger partial charge in [0.1, 0.15) is 12.0 Å². The highest BCUT2D eigenvalue weighted by Gasteiger charge is 2.48. The van der Waals surface area contributed by atoms with Gasteiger partial charge < -0.3 is 5.32 Å². The molecule has 1 atom stereocenters. The zero-order valence-corrected chi connectivity index (χ0v) is 33.3. The molecule has 1 N–H and O–H groups in total. The Hall–Kier alpha value is -7.88. The first-order valence-corrected chi connectivity index (χ1v) is 21.0. The minimum atomic E-state index is -0.636. The normalized spacial score (nSPS) is 15.2. The van der Waals surface area contributed by atoms with Crippen molar-refractivity contribution in [2.75, 3.05) is 0 Å². The van der Waals surface area contributed by atoms with Gasteiger partial charge in [-0.05, 0) is 107 Å². The molecule has 3 heteroatoms. The fourth-order valence-corrected chi connectivity index (χ4v) is 9.96. The van der Waals surface area contributed by atoms with Crippen LogP contribution in [0.5, 0.6) is 0 Å². The van der Waals surface area contributed by atoms with Crippen molar-refractivity contribution in [2.24, 2.45) is 9.98 Å². The molecule has 0 saturated heterocycles. The Morgan fingerprint density at radius 2 is 0.967 bits per heavy atom. The molecule has 0 bridgehead atoms. The Morgan fingerprint density at radius 3 is 1.64 bits per heavy atom. The van der Waals surface area contributed by atoms with Crippen molar-refractivity contribution in [1.29, 1.82) is 0 Å². The molecule has 0 radical (unpaired) electrons. The lowest BCUT2D eigenvalue weighted by molar-refractivity contribution is 0.670. The van der Waals surface area contributed by atoms with E-state index in [2.05, 4.69) is 230 Å². The van der Waals surface area contributed by atoms with Gasteiger partial charge >= 0.3 is 0 Å². The summed E-state index contributed by atoms with van der Waals surface area (Å²) < 4.78 is 0. The van der Waals surface area contributed by atoms with Gasteiger partial charge in [0.05, 0.1) is 5.41 Å². The summed E-state index contributed by atoms with van der Waals surface area (Å²) >= 11 is 0. The van der Waals surface area contributed by atoms with Gasteiger partial charge in [-0.15, -0.1) is 0 Å². The number of nitrogens with one attached hydrogen (secondary N) is 1. The van der Waals surface area contributed by atoms with E-state index in [4.69, 9.17) is 9.98 Å². The second-order valence-corrected chi connectivity index (χ2v) is 16.1. The van der Waals surface area contributed by atoms with Crippen LogP contribution in [0.3, 0.4) is 0 Å². The lowest BCUT2D eigenvalue weighted by Gasteiger charge is -2.35. The summed E-state index contributed by atoms with van der Waals surface area (Å²) in [5, 5.41) is 11.0. The van der Waals surface area contributed by atoms with Gasteiger partial charge in [0.25, 0.3) is 0 Å². The van der Waals surface area contributed by atoms with Crippen molar-refractivity contribution in [3.63, 3.8) is 0 Å². The van der Waals surface area contributed by atoms with E-state index >= 15 is 0 Å². The molecule has 0 aromatic heterocycles. The average Bonchev–Trinajstić information content (AvgIpc) is 3.65. The molecule has 0 fully saturated rings. The number of nitrogens with zero attached hydrogens (tertiary/aromatic N) is 2. The summed E-state index contributed by atoms with van der Waals surface area (Å²) in [6.07, 6.45) is -0.413. The van der Waals surface area contributed by atoms with Crippen molar-refractivity contribution in [3.05, 3.63) is 263 Å². The number of benzene rings is 10. The van der Waals surface area contributed by atoms with Crippen LogP contribution in [0.15, 0.2) is 234 Å². The molecule has 10 aromatic rings. The highest BCUT2D eigenvalue weighted by molar-refractivity contribution is 6.15. The van der Waals surface area contributed by atoms with Crippen LogP contribution in [0.2, 0.25) is 0 Å². The zero-order chi connectivity index (χ0) is 40.3. The average molecular weight is 778 g/mol. The van der Waals surface area contributed by atoms with Crippen molar-refractivity contribution in [3.8, 4) is 22.3 Å². The molecular weight excluding hydrogens is 739 g/mol. The molecular formula is C58H39N3. The molecule has 61 heavy (non-hydrogen) atoms. The van der Waals surface area contributed by atoms with Crippen LogP contribution in [0.1, 0.15) is 45.1 Å². The number of aliphatic imine (C=N–C) groups is 2. The molecule has 1 aliphatic carbocycles. The Bertz CT molecular complexity index is 3350. The van der Waals surface area contributed by atoms with Crippen molar-refractivity contribution in [2.45, 2.75) is 11.6 Å². The van der Waals surface area contributed by atoms with Crippen LogP contribution in [0.25, 0.3) is 54.6 Å². The predicted molar refractivity (Wildman–Crippen MR) is 254 cm³/mol. The summed E-state index contributed by atoms with van der Waals surface area (Å²) in [5.74, 6) is 1.50. The molecule has 2 aliphatic rings. The summed E-state index contributed by atoms with van der Waals surface area (Å²) in [5.41, 5.74) is 12.4. The van der Waals surface area contributed by atoms with Gasteiger partial charge in [0.15, 0.2) is 5.84 Å². The summed E-state index contributed by atoms with van der Waals surface area (Å²) in [6.45, 7) is 0. The minimum absolute atomic E-state index is 0.413. The molecule has 0 spiro atoms. The highest BCUT2D eigenvalue weighted by atomic mass is 15.2. The zero-order valence-electron chi connectivity index (χ0n) is 33.3. The molecule has 1 unspecified atom stereocenters. The first-order valence-electron chi connectivity index (χ1n) is 21.0. The molecule has 0 amide bonds. The molecule has 286 valence electrons. The number of fused-ring (bicyclic) bond motifs is 7. The number of hydrogen-bond donors (Lipinski definition) is 1. The van der Waals surface area contributed by atoms with Crippen LogP contribution >= 0.6 is 0 Å². The number of hydrogen-bond acceptors (Lipinski definition) is 3. The van der Waals surface area contributed by atoms with Gasteiger partial charge in [0, 0.05) is 11.1 Å². The maximum absolute atomic E-state index is 5.47. The van der Waals surface area contributed by atoms with Crippen LogP contribution in [-0.2, 0) is 5.41 Å². The third-order valence-electron chi connectivity index (χ3n) is 12.7. The van der Waals surface area contributed by atoms with E-state index in [1.54, 1.807) is 0 Å². The van der Waals surface area contributed by atoms with Crippen LogP contribution < -0.4 is 5.32 Å². The molecule has 1 aliphatic heterocycles. The van der Waals surface area contributed by atoms with Crippen LogP contribution in [0.4, 0.5) is 0 Å². The van der Waals surface area contributed by atoms with Gasteiger partial charge in [-0.25, -0.2) is 9.98 Å². The summed E-state index contributed by atoms with van der Waals surface area (Å²) in [4.78, 5) is 10.7. The Morgan fingerprint density at radius 1 is 0.410 bits per heavy atom. The molecule has 0 saturated carbocycles. The predicted octanol–water partition coefficient (Wildman–Crippen LogP) is 13.7. The summed E-state index contributed by atoms with van der Waals surface area (Å²) in [7, 11) is 0. The third kappa shape index (κ3) is 5.66. The molecule has 3 nitrogen and oxygen atoms in total. The van der Waals surface area contributed by atoms with Crippen molar-refractivity contribution in [1.82, 2.24) is 5.32 Å². The Kier molecular flexibility index (Phi) is 8.14. The lowest BCUT2D eigenvalue weighted by atomic mass is 9.66. The second kappa shape index (κ2) is 14.1. The van der Waals surface area contributed by atoms with E-state index in [-0.39, 0.29) is 0 Å². The molecule has 1 heterocycles. The quantitative estimate of drug-likeness (QED) is 0.179. The van der Waals surface area contributed by atoms with Crippen molar-refractivity contribution < 1.29 is 0 Å². The van der Waals surface area contributed by atoms with Gasteiger partial charge in [-0.3, -0.25) is 0 Å². The van der Waals surface area contributed by atoms with Crippen LogP contribution in [0, 0.1) is 0 Å². The van der Waals surface area contributed by atoms with Crippen LogP contribution in [-0.4, -0.2) is 11.7 Å². The van der Waals surface area contributed by atoms with E-state index < -0.39 is 11.6 Å². The van der Waals surface area contributed by atoms with Gasteiger partial charge in [0.2, 0.25) is 0 Å². The van der Waals surface area contributed by atoms with E-state index in [0.29, 0.717) is 5.84 Å². The topological polar surface area (TPSA) is 36.8 Å². The minimum Gasteiger partial charge on any atom is -0.344 e. The largest absolute Gasteiger partial charge is 0.344 e. The second-order valence-electron chi connectivity index (χ2n) is 16.1. The van der Waals surface area contributed by atoms with Gasteiger partial charge in [-0.1, -0.05) is 200 Å². The lowest BCUT2D eigenvalue weighted by Crippen LogP contribution is -2.34. The maximum atomic E-state index is 5.47. The van der Waals surface area contributed by atoms with Gasteiger partial charge in [-0.2, -0.15) is 0 Å². The van der Waals surface area contributed by atoms with E-state index in [1.807, 2.05) is 0 Å².